The molecule has 0 aliphatic carbocycles. The third-order valence-electron chi connectivity index (χ3n) is 1.15. The van der Waals surface area contributed by atoms with Gasteiger partial charge in [0.25, 0.3) is 0 Å². The quantitative estimate of drug-likeness (QED) is 0.702. The van der Waals surface area contributed by atoms with Crippen LogP contribution < -0.4 is 0 Å². The average molecular weight is 253 g/mol. The Morgan fingerprint density at radius 1 is 1.36 bits per heavy atom. The van der Waals surface area contributed by atoms with Crippen LogP contribution in [-0.2, 0) is 0 Å². The first-order valence-corrected chi connectivity index (χ1v) is 4.39. The van der Waals surface area contributed by atoms with Gasteiger partial charge in [-0.1, -0.05) is 0 Å². The van der Waals surface area contributed by atoms with Gasteiger partial charge in [-0.2, -0.15) is 0 Å². The van der Waals surface area contributed by atoms with E-state index in [0.717, 1.165) is 0 Å². The van der Waals surface area contributed by atoms with Gasteiger partial charge >= 0.3 is 82.5 Å². The van der Waals surface area contributed by atoms with Gasteiger partial charge in [0.15, 0.2) is 0 Å². The van der Waals surface area contributed by atoms with E-state index < -0.39 is 0 Å². The van der Waals surface area contributed by atoms with Crippen molar-refractivity contribution in [3.63, 3.8) is 0 Å². The van der Waals surface area contributed by atoms with Crippen molar-refractivity contribution >= 4 is 43.9 Å². The van der Waals surface area contributed by atoms with Crippen LogP contribution in [0.15, 0.2) is 18.2 Å². The number of rotatable bonds is 1. The summed E-state index contributed by atoms with van der Waals surface area (Å²) < 4.78 is -0.174. The molecule has 0 aliphatic rings. The molecule has 0 amide bonds. The van der Waals surface area contributed by atoms with Crippen molar-refractivity contribution in [2.75, 3.05) is 0 Å². The molecule has 57 valence electrons. The van der Waals surface area contributed by atoms with Crippen LogP contribution in [0.3, 0.4) is 0 Å². The van der Waals surface area contributed by atoms with Crippen LogP contribution in [0.2, 0.25) is 10.0 Å². The van der Waals surface area contributed by atoms with Gasteiger partial charge < -0.3 is 0 Å². The number of carbonyl (C=O) groups excluding carboxylic acids is 1. The molecule has 1 aromatic carbocycles. The summed E-state index contributed by atoms with van der Waals surface area (Å²) >= 11 is 13.7. The van der Waals surface area contributed by atoms with Crippen molar-refractivity contribution in [2.45, 2.75) is 0 Å². The van der Waals surface area contributed by atoms with Gasteiger partial charge in [0, 0.05) is 0 Å². The molecular formula is C7H3Cl2OSe. The van der Waals surface area contributed by atoms with Crippen LogP contribution in [0.5, 0.6) is 0 Å². The maximum atomic E-state index is 10.8. The van der Waals surface area contributed by atoms with Gasteiger partial charge in [-0.25, -0.2) is 0 Å². The molecule has 0 fully saturated rings. The van der Waals surface area contributed by atoms with E-state index in [1.54, 1.807) is 12.1 Å². The third-order valence-corrected chi connectivity index (χ3v) is 2.16. The Bertz CT molecular complexity index is 298. The molecule has 0 unspecified atom stereocenters. The van der Waals surface area contributed by atoms with E-state index in [-0.39, 0.29) is 4.68 Å². The van der Waals surface area contributed by atoms with Gasteiger partial charge in [0.1, 0.15) is 0 Å². The molecule has 0 atom stereocenters. The maximum absolute atomic E-state index is 10.8. The summed E-state index contributed by atoms with van der Waals surface area (Å²) in [4.78, 5) is 10.8. The molecule has 1 nitrogen and oxygen atoms in total. The van der Waals surface area contributed by atoms with Crippen molar-refractivity contribution in [1.82, 2.24) is 0 Å². The SMILES string of the molecule is O=C([Se])c1ccc(Cl)cc1Cl. The minimum atomic E-state index is -0.174. The fourth-order valence-corrected chi connectivity index (χ4v) is 1.65. The van der Waals surface area contributed by atoms with Crippen molar-refractivity contribution in [3.05, 3.63) is 33.8 Å². The molecule has 0 aliphatic heterocycles. The predicted octanol–water partition coefficient (Wildman–Crippen LogP) is 2.30. The zero-order valence-corrected chi connectivity index (χ0v) is 8.53. The van der Waals surface area contributed by atoms with Crippen molar-refractivity contribution in [3.8, 4) is 0 Å². The molecule has 0 saturated carbocycles. The van der Waals surface area contributed by atoms with Crippen LogP contribution in [0.1, 0.15) is 10.4 Å². The Hall–Kier alpha value is -0.0105. The Labute approximate surface area is 82.5 Å². The Morgan fingerprint density at radius 2 is 2.00 bits per heavy atom. The predicted molar refractivity (Wildman–Crippen MR) is 46.5 cm³/mol. The second-order valence-corrected chi connectivity index (χ2v) is 3.53. The Balaban J connectivity index is 3.20. The van der Waals surface area contributed by atoms with E-state index in [1.807, 2.05) is 0 Å². The zero-order valence-electron chi connectivity index (χ0n) is 5.30. The van der Waals surface area contributed by atoms with Crippen LogP contribution in [0.25, 0.3) is 0 Å². The van der Waals surface area contributed by atoms with E-state index in [9.17, 15) is 4.79 Å². The van der Waals surface area contributed by atoms with Crippen LogP contribution in [0, 0.1) is 0 Å². The van der Waals surface area contributed by atoms with E-state index in [4.69, 9.17) is 23.2 Å². The number of carbonyl (C=O) groups is 1. The van der Waals surface area contributed by atoms with E-state index in [0.29, 0.717) is 15.6 Å². The molecule has 0 saturated heterocycles. The summed E-state index contributed by atoms with van der Waals surface area (Å²) in [6.07, 6.45) is 0. The molecule has 0 aromatic heterocycles. The van der Waals surface area contributed by atoms with Gasteiger partial charge in [0.2, 0.25) is 0 Å². The van der Waals surface area contributed by atoms with Gasteiger partial charge in [-0.05, 0) is 0 Å². The Morgan fingerprint density at radius 3 is 2.45 bits per heavy atom. The topological polar surface area (TPSA) is 17.1 Å². The second kappa shape index (κ2) is 3.59. The number of halogens is 2. The fraction of sp³-hybridized carbons (Fsp3) is 0. The average Bonchev–Trinajstić information content (AvgIpc) is 1.85. The molecule has 4 heteroatoms. The molecule has 0 bridgehead atoms. The van der Waals surface area contributed by atoms with E-state index in [2.05, 4.69) is 16.0 Å². The molecule has 0 heterocycles. The molecule has 0 spiro atoms. The Kier molecular flexibility index (Phi) is 2.97. The molecular weight excluding hydrogens is 250 g/mol. The number of benzene rings is 1. The molecule has 1 aromatic rings. The van der Waals surface area contributed by atoms with Gasteiger partial charge in [0.05, 0.1) is 0 Å². The summed E-state index contributed by atoms with van der Waals surface area (Å²) in [6, 6.07) is 4.75. The molecule has 1 radical (unpaired) electrons. The molecule has 11 heavy (non-hydrogen) atoms. The second-order valence-electron chi connectivity index (χ2n) is 1.91. The van der Waals surface area contributed by atoms with E-state index >= 15 is 0 Å². The minimum absolute atomic E-state index is 0.174. The summed E-state index contributed by atoms with van der Waals surface area (Å²) in [7, 11) is 0. The summed E-state index contributed by atoms with van der Waals surface area (Å²) in [5, 5.41) is 0.904. The van der Waals surface area contributed by atoms with Crippen molar-refractivity contribution in [2.24, 2.45) is 0 Å². The molecule has 0 N–H and O–H groups in total. The standard InChI is InChI=1S/C7H3Cl2OSe/c8-4-1-2-5(7(10)11)6(9)3-4/h1-3H. The first kappa shape index (κ1) is 9.08. The molecule has 1 rings (SSSR count). The first-order chi connectivity index (χ1) is 5.11. The first-order valence-electron chi connectivity index (χ1n) is 2.77. The fourth-order valence-electron chi connectivity index (χ4n) is 0.655. The van der Waals surface area contributed by atoms with Crippen molar-refractivity contribution in [1.29, 1.82) is 0 Å². The van der Waals surface area contributed by atoms with Gasteiger partial charge in [-0.3, -0.25) is 0 Å². The monoisotopic (exact) mass is 253 g/mol. The van der Waals surface area contributed by atoms with Crippen LogP contribution in [0.4, 0.5) is 0 Å². The van der Waals surface area contributed by atoms with Crippen LogP contribution in [-0.4, -0.2) is 20.7 Å². The number of hydrogen-bond acceptors (Lipinski definition) is 1. The third kappa shape index (κ3) is 2.21. The summed E-state index contributed by atoms with van der Waals surface area (Å²) in [5.74, 6) is 0. The van der Waals surface area contributed by atoms with Crippen molar-refractivity contribution < 1.29 is 4.79 Å². The zero-order chi connectivity index (χ0) is 8.43. The normalized spacial score (nSPS) is 9.64. The van der Waals surface area contributed by atoms with Crippen LogP contribution >= 0.6 is 23.2 Å². The van der Waals surface area contributed by atoms with Gasteiger partial charge in [-0.15, -0.1) is 0 Å². The van der Waals surface area contributed by atoms with E-state index in [1.165, 1.54) is 6.07 Å². The summed E-state index contributed by atoms with van der Waals surface area (Å²) in [5.41, 5.74) is 0.455. The summed E-state index contributed by atoms with van der Waals surface area (Å²) in [6.45, 7) is 0. The number of hydrogen-bond donors (Lipinski definition) is 0.